The molecular formula is C71H55N. The fourth-order valence-corrected chi connectivity index (χ4v) is 13.5. The van der Waals surface area contributed by atoms with E-state index in [0.29, 0.717) is 0 Å². The molecule has 0 saturated carbocycles. The van der Waals surface area contributed by atoms with Crippen LogP contribution in [0.2, 0.25) is 0 Å². The molecular weight excluding hydrogens is 867 g/mol. The number of allylic oxidation sites excluding steroid dienone is 7. The SMILES string of the molecule is CC1(c2ccccc2)C=C(N(c2ccc(-c3ccc4c(c3)C3(C5=C(C=CCC5)c5ccccc53)c3cc(-c5ccccc5)ccc3-4)cc2)c2ccc3c(c2)C(C)(C)c2ccccc2-3)C=C(c2ccccc2)C1. The van der Waals surface area contributed by atoms with Crippen molar-refractivity contribution in [3.05, 3.63) is 298 Å². The average molecular weight is 922 g/mol. The lowest BCUT2D eigenvalue weighted by molar-refractivity contribution is 0.603. The highest BCUT2D eigenvalue weighted by molar-refractivity contribution is 5.99. The Labute approximate surface area is 424 Å². The first-order chi connectivity index (χ1) is 35.3. The zero-order valence-corrected chi connectivity index (χ0v) is 41.2. The summed E-state index contributed by atoms with van der Waals surface area (Å²) in [6.07, 6.45) is 12.7. The van der Waals surface area contributed by atoms with Crippen molar-refractivity contribution in [2.24, 2.45) is 0 Å². The second-order valence-corrected chi connectivity index (χ2v) is 21.4. The molecule has 2 unspecified atom stereocenters. The molecule has 2 atom stereocenters. The van der Waals surface area contributed by atoms with E-state index in [9.17, 15) is 0 Å². The Hall–Kier alpha value is -8.26. The molecule has 0 saturated heterocycles. The Morgan fingerprint density at radius 3 is 1.64 bits per heavy atom. The minimum Gasteiger partial charge on any atom is -0.311 e. The van der Waals surface area contributed by atoms with Gasteiger partial charge in [0, 0.05) is 27.9 Å². The lowest BCUT2D eigenvalue weighted by Crippen LogP contribution is -2.28. The predicted molar refractivity (Wildman–Crippen MR) is 301 cm³/mol. The number of fused-ring (bicyclic) bond motifs is 12. The molecule has 14 rings (SSSR count). The maximum atomic E-state index is 2.54. The quantitative estimate of drug-likeness (QED) is 0.154. The van der Waals surface area contributed by atoms with Crippen molar-refractivity contribution >= 4 is 22.5 Å². The number of rotatable bonds is 7. The molecule has 5 aliphatic carbocycles. The smallest absolute Gasteiger partial charge is 0.0688 e. The molecule has 344 valence electrons. The summed E-state index contributed by atoms with van der Waals surface area (Å²) in [5.41, 5.74) is 28.2. The van der Waals surface area contributed by atoms with Gasteiger partial charge in [-0.25, -0.2) is 0 Å². The zero-order chi connectivity index (χ0) is 48.2. The summed E-state index contributed by atoms with van der Waals surface area (Å²) in [5.74, 6) is 0. The van der Waals surface area contributed by atoms with Gasteiger partial charge in [-0.1, -0.05) is 215 Å². The van der Waals surface area contributed by atoms with Crippen LogP contribution in [-0.2, 0) is 16.2 Å². The zero-order valence-electron chi connectivity index (χ0n) is 41.2. The molecule has 9 aromatic carbocycles. The molecule has 72 heavy (non-hydrogen) atoms. The topological polar surface area (TPSA) is 3.24 Å². The van der Waals surface area contributed by atoms with Crippen LogP contribution in [-0.4, -0.2) is 0 Å². The van der Waals surface area contributed by atoms with Crippen LogP contribution in [0, 0.1) is 0 Å². The molecule has 0 aromatic heterocycles. The van der Waals surface area contributed by atoms with E-state index in [4.69, 9.17) is 0 Å². The van der Waals surface area contributed by atoms with Gasteiger partial charge >= 0.3 is 0 Å². The van der Waals surface area contributed by atoms with Crippen molar-refractivity contribution in [1.82, 2.24) is 0 Å². The highest BCUT2D eigenvalue weighted by atomic mass is 15.1. The second-order valence-electron chi connectivity index (χ2n) is 21.4. The van der Waals surface area contributed by atoms with E-state index in [1.165, 1.54) is 111 Å². The van der Waals surface area contributed by atoms with E-state index < -0.39 is 0 Å². The molecule has 5 aliphatic rings. The third-order valence-electron chi connectivity index (χ3n) is 17.0. The van der Waals surface area contributed by atoms with Gasteiger partial charge in [-0.2, -0.15) is 0 Å². The van der Waals surface area contributed by atoms with Crippen molar-refractivity contribution in [2.75, 3.05) is 4.90 Å². The standard InChI is InChI=1S/C71H55N/c1-69(2)63-28-16-13-25-57(63)60-40-37-55(44-66(60)69)72(56-41-52(48-21-9-5-10-22-48)45-70(3,46-56)53-23-11-6-12-24-53)54-35-31-49(32-36-54)51-34-39-62-61-38-33-50(47-19-7-4-8-20-47)42-67(61)71(68(62)43-51)64-29-17-14-26-58(64)59-27-15-18-30-65(59)71/h4-17,19-29,31-44,46H,18,30,45H2,1-3H3. The van der Waals surface area contributed by atoms with Gasteiger partial charge in [0.15, 0.2) is 0 Å². The highest BCUT2D eigenvalue weighted by Gasteiger charge is 2.53. The fraction of sp³-hybridized carbons (Fsp3) is 0.127. The highest BCUT2D eigenvalue weighted by Crippen LogP contribution is 2.64. The van der Waals surface area contributed by atoms with Gasteiger partial charge in [-0.05, 0) is 174 Å². The molecule has 0 amide bonds. The first-order valence-corrected chi connectivity index (χ1v) is 25.8. The third-order valence-corrected chi connectivity index (χ3v) is 17.0. The predicted octanol–water partition coefficient (Wildman–Crippen LogP) is 18.2. The van der Waals surface area contributed by atoms with Gasteiger partial charge in [-0.15, -0.1) is 0 Å². The number of hydrogen-bond acceptors (Lipinski definition) is 1. The van der Waals surface area contributed by atoms with Gasteiger partial charge in [0.1, 0.15) is 0 Å². The molecule has 0 heterocycles. The van der Waals surface area contributed by atoms with E-state index in [-0.39, 0.29) is 16.2 Å². The molecule has 1 spiro atoms. The number of benzene rings is 9. The maximum Gasteiger partial charge on any atom is 0.0688 e. The van der Waals surface area contributed by atoms with Gasteiger partial charge in [-0.3, -0.25) is 0 Å². The molecule has 0 bridgehead atoms. The summed E-state index contributed by atoms with van der Waals surface area (Å²) in [6.45, 7) is 7.18. The third kappa shape index (κ3) is 6.33. The Morgan fingerprint density at radius 2 is 0.944 bits per heavy atom. The van der Waals surface area contributed by atoms with Crippen LogP contribution in [0.1, 0.15) is 84.5 Å². The minimum atomic E-state index is -0.373. The molecule has 9 aromatic rings. The second kappa shape index (κ2) is 16.1. The number of anilines is 2. The van der Waals surface area contributed by atoms with E-state index in [1.807, 2.05) is 0 Å². The molecule has 0 radical (unpaired) electrons. The lowest BCUT2D eigenvalue weighted by atomic mass is 9.67. The summed E-state index contributed by atoms with van der Waals surface area (Å²) in [6, 6.07) is 82.3. The normalized spacial score (nSPS) is 19.4. The van der Waals surface area contributed by atoms with E-state index in [2.05, 4.69) is 268 Å². The van der Waals surface area contributed by atoms with Crippen LogP contribution >= 0.6 is 0 Å². The van der Waals surface area contributed by atoms with Gasteiger partial charge in [0.2, 0.25) is 0 Å². The Kier molecular flexibility index (Phi) is 9.55. The molecule has 1 nitrogen and oxygen atoms in total. The van der Waals surface area contributed by atoms with Crippen LogP contribution in [0.3, 0.4) is 0 Å². The van der Waals surface area contributed by atoms with Crippen LogP contribution in [0.25, 0.3) is 55.7 Å². The van der Waals surface area contributed by atoms with E-state index in [1.54, 1.807) is 0 Å². The lowest BCUT2D eigenvalue weighted by Gasteiger charge is -2.37. The van der Waals surface area contributed by atoms with Gasteiger partial charge in [0.05, 0.1) is 5.41 Å². The maximum absolute atomic E-state index is 2.54. The molecule has 1 heteroatoms. The van der Waals surface area contributed by atoms with Crippen LogP contribution in [0.4, 0.5) is 11.4 Å². The van der Waals surface area contributed by atoms with Crippen LogP contribution < -0.4 is 4.90 Å². The largest absolute Gasteiger partial charge is 0.311 e. The van der Waals surface area contributed by atoms with Crippen molar-refractivity contribution < 1.29 is 0 Å². The molecule has 0 aliphatic heterocycles. The summed E-state index contributed by atoms with van der Waals surface area (Å²) in [4.78, 5) is 2.52. The summed E-state index contributed by atoms with van der Waals surface area (Å²) in [7, 11) is 0. The van der Waals surface area contributed by atoms with Crippen molar-refractivity contribution in [3.63, 3.8) is 0 Å². The van der Waals surface area contributed by atoms with Crippen molar-refractivity contribution in [2.45, 2.75) is 56.3 Å². The first-order valence-electron chi connectivity index (χ1n) is 25.8. The average Bonchev–Trinajstić information content (AvgIpc) is 4.00. The van der Waals surface area contributed by atoms with E-state index >= 15 is 0 Å². The Balaban J connectivity index is 0.931. The van der Waals surface area contributed by atoms with Gasteiger partial charge < -0.3 is 4.90 Å². The Morgan fingerprint density at radius 1 is 0.417 bits per heavy atom. The summed E-state index contributed by atoms with van der Waals surface area (Å²) in [5, 5.41) is 0. The Bertz CT molecular complexity index is 3790. The minimum absolute atomic E-state index is 0.139. The van der Waals surface area contributed by atoms with Crippen LogP contribution in [0.5, 0.6) is 0 Å². The first kappa shape index (κ1) is 42.6. The van der Waals surface area contributed by atoms with E-state index in [0.717, 1.165) is 30.6 Å². The van der Waals surface area contributed by atoms with Crippen molar-refractivity contribution in [1.29, 1.82) is 0 Å². The van der Waals surface area contributed by atoms with Gasteiger partial charge in [0.25, 0.3) is 0 Å². The summed E-state index contributed by atoms with van der Waals surface area (Å²) < 4.78 is 0. The van der Waals surface area contributed by atoms with Crippen molar-refractivity contribution in [3.8, 4) is 44.5 Å². The fourth-order valence-electron chi connectivity index (χ4n) is 13.5. The monoisotopic (exact) mass is 921 g/mol. The van der Waals surface area contributed by atoms with Crippen LogP contribution in [0.15, 0.2) is 254 Å². The molecule has 0 fully saturated rings. The molecule has 0 N–H and O–H groups in total. The summed E-state index contributed by atoms with van der Waals surface area (Å²) >= 11 is 0. The number of nitrogens with zero attached hydrogens (tertiary/aromatic N) is 1. The number of hydrogen-bond donors (Lipinski definition) is 0.